The van der Waals surface area contributed by atoms with Crippen molar-refractivity contribution in [1.29, 1.82) is 0 Å². The normalized spacial score (nSPS) is 54.3. The van der Waals surface area contributed by atoms with Crippen LogP contribution in [0, 0.1) is 5.41 Å². The summed E-state index contributed by atoms with van der Waals surface area (Å²) in [5.41, 5.74) is 0.976. The number of fused-ring (bicyclic) bond motifs is 1. The summed E-state index contributed by atoms with van der Waals surface area (Å²) in [7, 11) is 2.20. The number of hydrogen-bond acceptors (Lipinski definition) is 2. The molecule has 2 rings (SSSR count). The highest BCUT2D eigenvalue weighted by molar-refractivity contribution is 5.16. The molecule has 2 saturated heterocycles. The number of nitrogens with one attached hydrogen (secondary N) is 1. The van der Waals surface area contributed by atoms with Crippen molar-refractivity contribution in [3.05, 3.63) is 0 Å². The van der Waals surface area contributed by atoms with Gasteiger partial charge in [-0.15, -0.1) is 0 Å². The third-order valence-corrected chi connectivity index (χ3v) is 3.41. The van der Waals surface area contributed by atoms with E-state index in [1.165, 1.54) is 19.6 Å². The predicted octanol–water partition coefficient (Wildman–Crippen LogP) is 0.300. The van der Waals surface area contributed by atoms with E-state index < -0.39 is 0 Å². The van der Waals surface area contributed by atoms with E-state index in [0.29, 0.717) is 11.0 Å². The molecular formula is C8H16N2. The molecule has 0 amide bonds. The van der Waals surface area contributed by atoms with Crippen molar-refractivity contribution in [3.8, 4) is 0 Å². The molecule has 58 valence electrons. The summed E-state index contributed by atoms with van der Waals surface area (Å²) < 4.78 is 0. The molecule has 2 fully saturated rings. The lowest BCUT2D eigenvalue weighted by atomic mass is 9.68. The van der Waals surface area contributed by atoms with Crippen LogP contribution in [0.15, 0.2) is 0 Å². The first kappa shape index (κ1) is 6.62. The van der Waals surface area contributed by atoms with Gasteiger partial charge in [0.15, 0.2) is 0 Å². The maximum Gasteiger partial charge on any atom is 0.0358 e. The lowest BCUT2D eigenvalue weighted by molar-refractivity contribution is 0.0680. The van der Waals surface area contributed by atoms with Crippen molar-refractivity contribution in [2.24, 2.45) is 5.41 Å². The fraction of sp³-hybridized carbons (Fsp3) is 1.00. The monoisotopic (exact) mass is 140 g/mol. The molecule has 0 aromatic rings. The van der Waals surface area contributed by atoms with Gasteiger partial charge in [-0.25, -0.2) is 0 Å². The minimum atomic E-state index is 0.418. The maximum absolute atomic E-state index is 3.51. The van der Waals surface area contributed by atoms with Gasteiger partial charge in [-0.2, -0.15) is 0 Å². The highest BCUT2D eigenvalue weighted by Crippen LogP contribution is 2.44. The van der Waals surface area contributed by atoms with Gasteiger partial charge < -0.3 is 10.2 Å². The van der Waals surface area contributed by atoms with E-state index in [2.05, 4.69) is 31.1 Å². The van der Waals surface area contributed by atoms with Crippen LogP contribution in [0.4, 0.5) is 0 Å². The third-order valence-electron chi connectivity index (χ3n) is 3.41. The van der Waals surface area contributed by atoms with E-state index in [0.717, 1.165) is 0 Å². The van der Waals surface area contributed by atoms with Crippen LogP contribution < -0.4 is 5.32 Å². The quantitative estimate of drug-likeness (QED) is 0.520. The van der Waals surface area contributed by atoms with Gasteiger partial charge in [0.1, 0.15) is 0 Å². The molecule has 2 aliphatic heterocycles. The smallest absolute Gasteiger partial charge is 0.0358 e. The summed E-state index contributed by atoms with van der Waals surface area (Å²) in [4.78, 5) is 2.42. The second-order valence-corrected chi connectivity index (χ2v) is 4.42. The molecular weight excluding hydrogens is 124 g/mol. The largest absolute Gasteiger partial charge is 0.309 e. The standard InChI is InChI=1S/C8H16N2/c1-7-4-9-8(7,2)6-10(3)5-7/h9H,4-6H2,1-3H3. The summed E-state index contributed by atoms with van der Waals surface area (Å²) in [6.45, 7) is 8.39. The summed E-state index contributed by atoms with van der Waals surface area (Å²) >= 11 is 0. The van der Waals surface area contributed by atoms with Gasteiger partial charge in [0.25, 0.3) is 0 Å². The molecule has 0 aliphatic carbocycles. The lowest BCUT2D eigenvalue weighted by Gasteiger charge is -2.51. The first-order chi connectivity index (χ1) is 4.56. The Bertz CT molecular complexity index is 151. The fourth-order valence-corrected chi connectivity index (χ4v) is 2.36. The van der Waals surface area contributed by atoms with Crippen LogP contribution in [0.2, 0.25) is 0 Å². The molecule has 0 spiro atoms. The average Bonchev–Trinajstić information content (AvgIpc) is 1.95. The third kappa shape index (κ3) is 0.565. The Morgan fingerprint density at radius 2 is 2.00 bits per heavy atom. The Balaban J connectivity index is 2.23. The van der Waals surface area contributed by atoms with Crippen LogP contribution in [0.3, 0.4) is 0 Å². The van der Waals surface area contributed by atoms with Crippen molar-refractivity contribution in [2.45, 2.75) is 19.4 Å². The molecule has 2 aliphatic rings. The van der Waals surface area contributed by atoms with E-state index >= 15 is 0 Å². The van der Waals surface area contributed by atoms with Crippen LogP contribution in [-0.4, -0.2) is 37.1 Å². The van der Waals surface area contributed by atoms with E-state index in [1.807, 2.05) is 0 Å². The van der Waals surface area contributed by atoms with Gasteiger partial charge in [0.05, 0.1) is 0 Å². The molecule has 0 bridgehead atoms. The van der Waals surface area contributed by atoms with Crippen molar-refractivity contribution >= 4 is 0 Å². The molecule has 10 heavy (non-hydrogen) atoms. The zero-order chi connectivity index (χ0) is 7.41. The van der Waals surface area contributed by atoms with Gasteiger partial charge in [-0.1, -0.05) is 6.92 Å². The van der Waals surface area contributed by atoms with Gasteiger partial charge in [0.2, 0.25) is 0 Å². The molecule has 0 radical (unpaired) electrons. The Morgan fingerprint density at radius 1 is 1.30 bits per heavy atom. The number of likely N-dealkylation sites (N-methyl/N-ethyl adjacent to an activating group) is 1. The average molecular weight is 140 g/mol. The second kappa shape index (κ2) is 1.56. The van der Waals surface area contributed by atoms with Crippen LogP contribution in [0.1, 0.15) is 13.8 Å². The lowest BCUT2D eigenvalue weighted by Crippen LogP contribution is -2.69. The molecule has 2 heterocycles. The molecule has 0 aromatic carbocycles. The molecule has 2 heteroatoms. The zero-order valence-electron chi connectivity index (χ0n) is 7.07. The number of nitrogens with zero attached hydrogens (tertiary/aromatic N) is 1. The van der Waals surface area contributed by atoms with Crippen molar-refractivity contribution in [1.82, 2.24) is 10.2 Å². The van der Waals surface area contributed by atoms with Crippen LogP contribution in [0.25, 0.3) is 0 Å². The Morgan fingerprint density at radius 3 is 2.20 bits per heavy atom. The predicted molar refractivity (Wildman–Crippen MR) is 42.0 cm³/mol. The Labute approximate surface area is 62.6 Å². The number of rotatable bonds is 0. The van der Waals surface area contributed by atoms with Crippen molar-refractivity contribution in [3.63, 3.8) is 0 Å². The van der Waals surface area contributed by atoms with Crippen molar-refractivity contribution in [2.75, 3.05) is 26.7 Å². The van der Waals surface area contributed by atoms with Crippen LogP contribution >= 0.6 is 0 Å². The summed E-state index contributed by atoms with van der Waals surface area (Å²) in [5, 5.41) is 3.51. The highest BCUT2D eigenvalue weighted by Gasteiger charge is 2.57. The maximum atomic E-state index is 3.51. The minimum absolute atomic E-state index is 0.418. The second-order valence-electron chi connectivity index (χ2n) is 4.42. The van der Waals surface area contributed by atoms with Gasteiger partial charge in [-0.3, -0.25) is 0 Å². The molecule has 1 N–H and O–H groups in total. The highest BCUT2D eigenvalue weighted by atomic mass is 15.3. The topological polar surface area (TPSA) is 15.3 Å². The van der Waals surface area contributed by atoms with Gasteiger partial charge >= 0.3 is 0 Å². The minimum Gasteiger partial charge on any atom is -0.309 e. The Hall–Kier alpha value is -0.0800. The number of likely N-dealkylation sites (tertiary alicyclic amines) is 1. The van der Waals surface area contributed by atoms with Crippen LogP contribution in [0.5, 0.6) is 0 Å². The van der Waals surface area contributed by atoms with E-state index in [1.54, 1.807) is 0 Å². The zero-order valence-corrected chi connectivity index (χ0v) is 7.07. The van der Waals surface area contributed by atoms with E-state index in [4.69, 9.17) is 0 Å². The summed E-state index contributed by atoms with van der Waals surface area (Å²) in [6.07, 6.45) is 0. The van der Waals surface area contributed by atoms with Crippen molar-refractivity contribution < 1.29 is 0 Å². The Kier molecular flexibility index (Phi) is 1.03. The first-order valence-electron chi connectivity index (χ1n) is 3.99. The van der Waals surface area contributed by atoms with Gasteiger partial charge in [-0.05, 0) is 14.0 Å². The van der Waals surface area contributed by atoms with Crippen LogP contribution in [-0.2, 0) is 0 Å². The SMILES string of the molecule is CN1CC2(C)CNC2(C)C1. The number of hydrogen-bond donors (Lipinski definition) is 1. The van der Waals surface area contributed by atoms with E-state index in [-0.39, 0.29) is 0 Å². The molecule has 0 aromatic heterocycles. The molecule has 0 saturated carbocycles. The molecule has 2 nitrogen and oxygen atoms in total. The van der Waals surface area contributed by atoms with Gasteiger partial charge in [0, 0.05) is 30.6 Å². The fourth-order valence-electron chi connectivity index (χ4n) is 2.36. The molecule has 2 unspecified atom stereocenters. The first-order valence-corrected chi connectivity index (χ1v) is 3.99. The molecule has 2 atom stereocenters. The summed E-state index contributed by atoms with van der Waals surface area (Å²) in [6, 6.07) is 0. The summed E-state index contributed by atoms with van der Waals surface area (Å²) in [5.74, 6) is 0. The van der Waals surface area contributed by atoms with E-state index in [9.17, 15) is 0 Å².